The van der Waals surface area contributed by atoms with E-state index in [1.165, 1.54) is 4.31 Å². The lowest BCUT2D eigenvalue weighted by Crippen LogP contribution is -2.38. The van der Waals surface area contributed by atoms with Gasteiger partial charge in [0.1, 0.15) is 0 Å². The Morgan fingerprint density at radius 2 is 1.92 bits per heavy atom. The van der Waals surface area contributed by atoms with Crippen LogP contribution in [-0.2, 0) is 10.0 Å². The van der Waals surface area contributed by atoms with E-state index in [2.05, 4.69) is 10.3 Å². The van der Waals surface area contributed by atoms with Crippen LogP contribution >= 0.6 is 0 Å². The van der Waals surface area contributed by atoms with Crippen molar-refractivity contribution in [1.29, 1.82) is 0 Å². The highest BCUT2D eigenvalue weighted by Crippen LogP contribution is 2.27. The minimum Gasteiger partial charge on any atom is -0.322 e. The summed E-state index contributed by atoms with van der Waals surface area (Å²) < 4.78 is 25.9. The molecule has 0 radical (unpaired) electrons. The van der Waals surface area contributed by atoms with Gasteiger partial charge in [-0.2, -0.15) is 0 Å². The average molecular weight is 345 g/mol. The predicted octanol–water partition coefficient (Wildman–Crippen LogP) is 2.57. The fourth-order valence-electron chi connectivity index (χ4n) is 2.77. The Balaban J connectivity index is 1.83. The van der Waals surface area contributed by atoms with Gasteiger partial charge in [0, 0.05) is 30.2 Å². The van der Waals surface area contributed by atoms with Gasteiger partial charge in [-0.3, -0.25) is 14.1 Å². The number of pyridine rings is 1. The van der Waals surface area contributed by atoms with Crippen molar-refractivity contribution in [3.8, 4) is 0 Å². The third-order valence-corrected chi connectivity index (χ3v) is 5.87. The van der Waals surface area contributed by atoms with Crippen LogP contribution in [0.4, 0.5) is 11.4 Å². The van der Waals surface area contributed by atoms with E-state index in [0.717, 1.165) is 12.0 Å². The lowest BCUT2D eigenvalue weighted by molar-refractivity contribution is 0.102. The molecular formula is C17H19N3O3S. The second kappa shape index (κ2) is 6.60. The number of carbonyl (C=O) groups excluding carboxylic acids is 1. The van der Waals surface area contributed by atoms with Crippen molar-refractivity contribution in [1.82, 2.24) is 4.98 Å². The van der Waals surface area contributed by atoms with Crippen LogP contribution < -0.4 is 9.62 Å². The fraction of sp³-hybridized carbons (Fsp3) is 0.294. The molecule has 1 amide bonds. The van der Waals surface area contributed by atoms with Crippen LogP contribution in [0.25, 0.3) is 0 Å². The molecule has 1 fully saturated rings. The van der Waals surface area contributed by atoms with Gasteiger partial charge in [-0.05, 0) is 55.7 Å². The van der Waals surface area contributed by atoms with Crippen molar-refractivity contribution in [3.63, 3.8) is 0 Å². The van der Waals surface area contributed by atoms with Gasteiger partial charge in [0.15, 0.2) is 0 Å². The van der Waals surface area contributed by atoms with Gasteiger partial charge in [-0.15, -0.1) is 0 Å². The first-order valence-corrected chi connectivity index (χ1v) is 9.41. The lowest BCUT2D eigenvalue weighted by atomic mass is 10.1. The second-order valence-electron chi connectivity index (χ2n) is 5.79. The number of carbonyl (C=O) groups is 1. The minimum atomic E-state index is -3.25. The summed E-state index contributed by atoms with van der Waals surface area (Å²) in [6.45, 7) is 2.31. The molecule has 1 saturated heterocycles. The first kappa shape index (κ1) is 16.4. The standard InChI is InChI=1S/C17H19N3O3S/c1-13-12-14(17(21)19-15-6-8-18-9-7-15)4-5-16(13)20-10-2-3-11-24(20,22)23/h4-9,12H,2-3,10-11H2,1H3,(H,18,19,21). The summed E-state index contributed by atoms with van der Waals surface area (Å²) in [6, 6.07) is 8.50. The van der Waals surface area contributed by atoms with Crippen molar-refractivity contribution in [2.75, 3.05) is 21.9 Å². The molecule has 1 aliphatic heterocycles. The number of rotatable bonds is 3. The van der Waals surface area contributed by atoms with Gasteiger partial charge in [0.2, 0.25) is 10.0 Å². The summed E-state index contributed by atoms with van der Waals surface area (Å²) in [4.78, 5) is 16.2. The molecule has 0 unspecified atom stereocenters. The van der Waals surface area contributed by atoms with Crippen molar-refractivity contribution < 1.29 is 13.2 Å². The number of nitrogens with zero attached hydrogens (tertiary/aromatic N) is 2. The van der Waals surface area contributed by atoms with Crippen molar-refractivity contribution in [3.05, 3.63) is 53.9 Å². The molecule has 1 aromatic carbocycles. The SMILES string of the molecule is Cc1cc(C(=O)Nc2ccncc2)ccc1N1CCCCS1(=O)=O. The Kier molecular flexibility index (Phi) is 4.53. The van der Waals surface area contributed by atoms with Gasteiger partial charge in [-0.25, -0.2) is 8.42 Å². The number of aryl methyl sites for hydroxylation is 1. The third kappa shape index (κ3) is 3.41. The molecule has 2 aromatic rings. The maximum atomic E-state index is 12.3. The van der Waals surface area contributed by atoms with E-state index in [0.29, 0.717) is 29.9 Å². The zero-order valence-electron chi connectivity index (χ0n) is 13.4. The highest BCUT2D eigenvalue weighted by molar-refractivity contribution is 7.92. The number of nitrogens with one attached hydrogen (secondary N) is 1. The van der Waals surface area contributed by atoms with Crippen LogP contribution in [0, 0.1) is 6.92 Å². The molecule has 1 aromatic heterocycles. The quantitative estimate of drug-likeness (QED) is 0.927. The van der Waals surface area contributed by atoms with E-state index >= 15 is 0 Å². The Bertz CT molecular complexity index is 851. The maximum absolute atomic E-state index is 12.3. The zero-order valence-corrected chi connectivity index (χ0v) is 14.2. The molecule has 24 heavy (non-hydrogen) atoms. The second-order valence-corrected chi connectivity index (χ2v) is 7.80. The summed E-state index contributed by atoms with van der Waals surface area (Å²) in [5.41, 5.74) is 2.57. The fourth-order valence-corrected chi connectivity index (χ4v) is 4.48. The summed E-state index contributed by atoms with van der Waals surface area (Å²) in [6.07, 6.45) is 4.75. The molecule has 0 atom stereocenters. The largest absolute Gasteiger partial charge is 0.322 e. The van der Waals surface area contributed by atoms with Crippen molar-refractivity contribution >= 4 is 27.3 Å². The van der Waals surface area contributed by atoms with E-state index in [9.17, 15) is 13.2 Å². The van der Waals surface area contributed by atoms with Gasteiger partial charge >= 0.3 is 0 Å². The molecule has 7 heteroatoms. The highest BCUT2D eigenvalue weighted by Gasteiger charge is 2.27. The first-order valence-electron chi connectivity index (χ1n) is 7.80. The Morgan fingerprint density at radius 1 is 1.17 bits per heavy atom. The molecular weight excluding hydrogens is 326 g/mol. The number of hydrogen-bond donors (Lipinski definition) is 1. The van der Waals surface area contributed by atoms with Crippen LogP contribution in [0.3, 0.4) is 0 Å². The van der Waals surface area contributed by atoms with Crippen LogP contribution in [0.5, 0.6) is 0 Å². The number of aromatic nitrogens is 1. The smallest absolute Gasteiger partial charge is 0.255 e. The monoisotopic (exact) mass is 345 g/mol. The van der Waals surface area contributed by atoms with E-state index in [1.807, 2.05) is 6.92 Å². The number of benzene rings is 1. The van der Waals surface area contributed by atoms with Crippen molar-refractivity contribution in [2.24, 2.45) is 0 Å². The topological polar surface area (TPSA) is 79.4 Å². The lowest BCUT2D eigenvalue weighted by Gasteiger charge is -2.29. The molecule has 1 aliphatic rings. The van der Waals surface area contributed by atoms with E-state index < -0.39 is 10.0 Å². The van der Waals surface area contributed by atoms with Gasteiger partial charge in [0.25, 0.3) is 5.91 Å². The molecule has 0 aliphatic carbocycles. The molecule has 0 spiro atoms. The minimum absolute atomic E-state index is 0.177. The van der Waals surface area contributed by atoms with Crippen LogP contribution in [0.1, 0.15) is 28.8 Å². The predicted molar refractivity (Wildman–Crippen MR) is 93.7 cm³/mol. The molecule has 6 nitrogen and oxygen atoms in total. The van der Waals surface area contributed by atoms with Crippen LogP contribution in [-0.4, -0.2) is 31.6 Å². The molecule has 2 heterocycles. The first-order chi connectivity index (χ1) is 11.5. The van der Waals surface area contributed by atoms with Crippen LogP contribution in [0.15, 0.2) is 42.7 Å². The van der Waals surface area contributed by atoms with Gasteiger partial charge < -0.3 is 5.32 Å². The molecule has 0 bridgehead atoms. The summed E-state index contributed by atoms with van der Waals surface area (Å²) in [5.74, 6) is -0.0613. The zero-order chi connectivity index (χ0) is 17.2. The molecule has 0 saturated carbocycles. The van der Waals surface area contributed by atoms with Crippen molar-refractivity contribution in [2.45, 2.75) is 19.8 Å². The normalized spacial score (nSPS) is 16.6. The maximum Gasteiger partial charge on any atom is 0.255 e. The third-order valence-electron chi connectivity index (χ3n) is 4.02. The number of hydrogen-bond acceptors (Lipinski definition) is 4. The molecule has 3 rings (SSSR count). The summed E-state index contributed by atoms with van der Waals surface area (Å²) >= 11 is 0. The highest BCUT2D eigenvalue weighted by atomic mass is 32.2. The molecule has 126 valence electrons. The Labute approximate surface area is 141 Å². The van der Waals surface area contributed by atoms with Crippen LogP contribution in [0.2, 0.25) is 0 Å². The Morgan fingerprint density at radius 3 is 2.58 bits per heavy atom. The van der Waals surface area contributed by atoms with Gasteiger partial charge in [0.05, 0.1) is 11.4 Å². The number of amides is 1. The summed E-state index contributed by atoms with van der Waals surface area (Å²) in [5, 5.41) is 2.79. The average Bonchev–Trinajstić information content (AvgIpc) is 2.56. The number of sulfonamides is 1. The Hall–Kier alpha value is -2.41. The van der Waals surface area contributed by atoms with E-state index in [4.69, 9.17) is 0 Å². The summed E-state index contributed by atoms with van der Waals surface area (Å²) in [7, 11) is -3.25. The number of anilines is 2. The molecule has 1 N–H and O–H groups in total. The van der Waals surface area contributed by atoms with E-state index in [-0.39, 0.29) is 11.7 Å². The van der Waals surface area contributed by atoms with E-state index in [1.54, 1.807) is 42.7 Å². The van der Waals surface area contributed by atoms with Gasteiger partial charge in [-0.1, -0.05) is 0 Å².